The van der Waals surface area contributed by atoms with E-state index in [0.29, 0.717) is 23.6 Å². The number of aromatic nitrogens is 6. The molecule has 9 heteroatoms. The second kappa shape index (κ2) is 4.61. The molecule has 0 fully saturated rings. The van der Waals surface area contributed by atoms with Gasteiger partial charge in [-0.2, -0.15) is 10.2 Å². The van der Waals surface area contributed by atoms with Crippen LogP contribution in [0.25, 0.3) is 11.5 Å². The van der Waals surface area contributed by atoms with Crippen molar-refractivity contribution in [3.8, 4) is 5.82 Å². The first kappa shape index (κ1) is 12.1. The van der Waals surface area contributed by atoms with Gasteiger partial charge in [0.1, 0.15) is 6.33 Å². The smallest absolute Gasteiger partial charge is 0.348 e. The molecule has 3 aromatic heterocycles. The summed E-state index contributed by atoms with van der Waals surface area (Å²) < 4.78 is 7.55. The van der Waals surface area contributed by atoms with Gasteiger partial charge in [-0.15, -0.1) is 0 Å². The molecular formula is C11H10N6O3. The highest BCUT2D eigenvalue weighted by molar-refractivity contribution is 5.88. The van der Waals surface area contributed by atoms with Crippen LogP contribution in [0, 0.1) is 0 Å². The lowest BCUT2D eigenvalue weighted by molar-refractivity contribution is 0.0526. The van der Waals surface area contributed by atoms with E-state index < -0.39 is 5.97 Å². The predicted molar refractivity (Wildman–Crippen MR) is 66.7 cm³/mol. The topological polar surface area (TPSA) is 107 Å². The number of hydrogen-bond acceptors (Lipinski definition) is 6. The van der Waals surface area contributed by atoms with Crippen molar-refractivity contribution < 1.29 is 9.53 Å². The van der Waals surface area contributed by atoms with Gasteiger partial charge in [-0.3, -0.25) is 0 Å². The van der Waals surface area contributed by atoms with Crippen LogP contribution in [0.5, 0.6) is 0 Å². The van der Waals surface area contributed by atoms with Gasteiger partial charge in [0.15, 0.2) is 11.5 Å². The Bertz CT molecular complexity index is 830. The zero-order chi connectivity index (χ0) is 14.1. The Morgan fingerprint density at radius 3 is 3.15 bits per heavy atom. The molecule has 0 saturated carbocycles. The van der Waals surface area contributed by atoms with E-state index in [-0.39, 0.29) is 5.69 Å². The van der Waals surface area contributed by atoms with Gasteiger partial charge in [-0.1, -0.05) is 0 Å². The molecule has 0 aliphatic rings. The number of carbonyl (C=O) groups is 1. The highest BCUT2D eigenvalue weighted by Crippen LogP contribution is 2.07. The lowest BCUT2D eigenvalue weighted by atomic mass is 10.4. The number of carbonyl (C=O) groups excluding carboxylic acids is 1. The van der Waals surface area contributed by atoms with E-state index in [0.717, 1.165) is 0 Å². The largest absolute Gasteiger partial charge is 0.462 e. The Morgan fingerprint density at radius 2 is 2.35 bits per heavy atom. The number of nitrogens with one attached hydrogen (secondary N) is 1. The SMILES string of the molecule is CCOC(=O)c1cnn(-c2cc3n[nH]c(=O)n3cn2)c1. The van der Waals surface area contributed by atoms with Gasteiger partial charge >= 0.3 is 11.7 Å². The van der Waals surface area contributed by atoms with E-state index >= 15 is 0 Å². The average Bonchev–Trinajstić information content (AvgIpc) is 3.06. The molecule has 9 nitrogen and oxygen atoms in total. The Kier molecular flexibility index (Phi) is 2.78. The molecule has 0 aliphatic heterocycles. The van der Waals surface area contributed by atoms with Crippen molar-refractivity contribution in [3.05, 3.63) is 40.8 Å². The maximum Gasteiger partial charge on any atom is 0.348 e. The second-order valence-corrected chi connectivity index (χ2v) is 3.90. The Morgan fingerprint density at radius 1 is 1.50 bits per heavy atom. The summed E-state index contributed by atoms with van der Waals surface area (Å²) in [6.07, 6.45) is 4.23. The van der Waals surface area contributed by atoms with Gasteiger partial charge < -0.3 is 4.74 Å². The molecule has 0 unspecified atom stereocenters. The minimum Gasteiger partial charge on any atom is -0.462 e. The molecule has 102 valence electrons. The number of nitrogens with zero attached hydrogens (tertiary/aromatic N) is 5. The monoisotopic (exact) mass is 274 g/mol. The van der Waals surface area contributed by atoms with E-state index in [1.165, 1.54) is 27.8 Å². The molecule has 0 radical (unpaired) electrons. The van der Waals surface area contributed by atoms with E-state index in [4.69, 9.17) is 4.74 Å². The molecule has 0 bridgehead atoms. The first-order valence-corrected chi connectivity index (χ1v) is 5.84. The number of fused-ring (bicyclic) bond motifs is 1. The van der Waals surface area contributed by atoms with E-state index in [1.54, 1.807) is 13.0 Å². The van der Waals surface area contributed by atoms with Gasteiger partial charge in [-0.25, -0.2) is 28.8 Å². The minimum atomic E-state index is -0.448. The van der Waals surface area contributed by atoms with Crippen molar-refractivity contribution in [1.82, 2.24) is 29.4 Å². The van der Waals surface area contributed by atoms with Crippen LogP contribution in [0.3, 0.4) is 0 Å². The first-order valence-electron chi connectivity index (χ1n) is 5.84. The standard InChI is InChI=1S/C11H10N6O3/c1-2-20-10(18)7-4-13-17(5-7)8-3-9-14-15-11(19)16(9)6-12-8/h3-6H,2H2,1H3,(H,15,19). The number of esters is 1. The van der Waals surface area contributed by atoms with E-state index in [1.807, 2.05) is 0 Å². The average molecular weight is 274 g/mol. The lowest BCUT2D eigenvalue weighted by Gasteiger charge is -1.99. The number of H-pyrrole nitrogens is 1. The van der Waals surface area contributed by atoms with Gasteiger partial charge in [0.2, 0.25) is 0 Å². The van der Waals surface area contributed by atoms with Crippen LogP contribution in [0.4, 0.5) is 0 Å². The zero-order valence-corrected chi connectivity index (χ0v) is 10.5. The Labute approximate surface area is 111 Å². The quantitative estimate of drug-likeness (QED) is 0.662. The van der Waals surface area contributed by atoms with Crippen LogP contribution >= 0.6 is 0 Å². The third kappa shape index (κ3) is 1.94. The molecule has 0 atom stereocenters. The second-order valence-electron chi connectivity index (χ2n) is 3.90. The van der Waals surface area contributed by atoms with Gasteiger partial charge in [0.05, 0.1) is 18.4 Å². The van der Waals surface area contributed by atoms with Crippen LogP contribution in [0.2, 0.25) is 0 Å². The molecule has 3 rings (SSSR count). The van der Waals surface area contributed by atoms with Crippen molar-refractivity contribution in [2.24, 2.45) is 0 Å². The van der Waals surface area contributed by atoms with E-state index in [9.17, 15) is 9.59 Å². The number of hydrogen-bond donors (Lipinski definition) is 1. The molecule has 0 aromatic carbocycles. The summed E-state index contributed by atoms with van der Waals surface area (Å²) in [5, 5.41) is 10.2. The van der Waals surface area contributed by atoms with Crippen LogP contribution in [-0.2, 0) is 4.74 Å². The van der Waals surface area contributed by atoms with Crippen LogP contribution < -0.4 is 5.69 Å². The van der Waals surface area contributed by atoms with Crippen molar-refractivity contribution in [2.75, 3.05) is 6.61 Å². The highest BCUT2D eigenvalue weighted by atomic mass is 16.5. The molecule has 3 heterocycles. The first-order chi connectivity index (χ1) is 9.69. The third-order valence-corrected chi connectivity index (χ3v) is 2.62. The van der Waals surface area contributed by atoms with Gasteiger partial charge in [-0.05, 0) is 6.92 Å². The summed E-state index contributed by atoms with van der Waals surface area (Å²) in [6.45, 7) is 2.03. The van der Waals surface area contributed by atoms with Crippen LogP contribution in [-0.4, -0.2) is 41.9 Å². The fraction of sp³-hybridized carbons (Fsp3) is 0.182. The van der Waals surface area contributed by atoms with Crippen LogP contribution in [0.1, 0.15) is 17.3 Å². The summed E-state index contributed by atoms with van der Waals surface area (Å²) in [4.78, 5) is 26.9. The normalized spacial score (nSPS) is 10.8. The third-order valence-electron chi connectivity index (χ3n) is 2.62. The maximum absolute atomic E-state index is 11.5. The zero-order valence-electron chi connectivity index (χ0n) is 10.5. The maximum atomic E-state index is 11.5. The fourth-order valence-electron chi connectivity index (χ4n) is 1.69. The number of ether oxygens (including phenoxy) is 1. The highest BCUT2D eigenvalue weighted by Gasteiger charge is 2.11. The van der Waals surface area contributed by atoms with Gasteiger partial charge in [0, 0.05) is 12.3 Å². The van der Waals surface area contributed by atoms with E-state index in [2.05, 4.69) is 20.3 Å². The van der Waals surface area contributed by atoms with Crippen molar-refractivity contribution in [2.45, 2.75) is 6.92 Å². The summed E-state index contributed by atoms with van der Waals surface area (Å²) in [7, 11) is 0. The number of aromatic amines is 1. The summed E-state index contributed by atoms with van der Waals surface area (Å²) in [5.41, 5.74) is 0.368. The molecule has 0 saturated heterocycles. The molecule has 0 aliphatic carbocycles. The van der Waals surface area contributed by atoms with Crippen molar-refractivity contribution >= 4 is 11.6 Å². The van der Waals surface area contributed by atoms with Crippen molar-refractivity contribution in [3.63, 3.8) is 0 Å². The predicted octanol–water partition coefficient (Wildman–Crippen LogP) is -0.220. The minimum absolute atomic E-state index is 0.296. The molecule has 3 aromatic rings. The lowest BCUT2D eigenvalue weighted by Crippen LogP contribution is -2.10. The Balaban J connectivity index is 1.98. The Hall–Kier alpha value is -2.97. The molecule has 1 N–H and O–H groups in total. The molecule has 0 spiro atoms. The fourth-order valence-corrected chi connectivity index (χ4v) is 1.69. The summed E-state index contributed by atoms with van der Waals surface area (Å²) in [5.74, 6) is -0.0112. The summed E-state index contributed by atoms with van der Waals surface area (Å²) >= 11 is 0. The van der Waals surface area contributed by atoms with Crippen molar-refractivity contribution in [1.29, 1.82) is 0 Å². The molecule has 20 heavy (non-hydrogen) atoms. The van der Waals surface area contributed by atoms with Gasteiger partial charge in [0.25, 0.3) is 0 Å². The van der Waals surface area contributed by atoms with Crippen LogP contribution in [0.15, 0.2) is 29.6 Å². The molecular weight excluding hydrogens is 264 g/mol. The number of rotatable bonds is 3. The molecule has 0 amide bonds. The summed E-state index contributed by atoms with van der Waals surface area (Å²) in [6, 6.07) is 1.57.